The van der Waals surface area contributed by atoms with Crippen LogP contribution in [0.3, 0.4) is 0 Å². The second-order valence-corrected chi connectivity index (χ2v) is 10.5. The Morgan fingerprint density at radius 2 is 1.73 bits per heavy atom. The van der Waals surface area contributed by atoms with Crippen LogP contribution in [0.25, 0.3) is 11.5 Å². The Labute approximate surface area is 200 Å². The van der Waals surface area contributed by atoms with Crippen LogP contribution in [0, 0.1) is 6.92 Å². The molecule has 0 atom stereocenters. The van der Waals surface area contributed by atoms with E-state index in [-0.39, 0.29) is 10.6 Å². The minimum atomic E-state index is -3.59. The Morgan fingerprint density at radius 1 is 1.03 bits per heavy atom. The molecule has 0 aliphatic rings. The Bertz CT molecular complexity index is 1410. The van der Waals surface area contributed by atoms with Crippen LogP contribution >= 0.6 is 15.9 Å². The van der Waals surface area contributed by atoms with Crippen molar-refractivity contribution in [2.75, 3.05) is 0 Å². The van der Waals surface area contributed by atoms with Gasteiger partial charge in [-0.25, -0.2) is 13.4 Å². The van der Waals surface area contributed by atoms with E-state index in [2.05, 4.69) is 20.9 Å². The summed E-state index contributed by atoms with van der Waals surface area (Å²) in [6, 6.07) is 21.3. The van der Waals surface area contributed by atoms with Gasteiger partial charge in [0.05, 0.1) is 10.6 Å². The fraction of sp³-hybridized carbons (Fsp3) is 0.120. The minimum absolute atomic E-state index is 0.214. The van der Waals surface area contributed by atoms with Gasteiger partial charge in [0.25, 0.3) is 0 Å². The smallest absolute Gasteiger partial charge is 0.248 e. The van der Waals surface area contributed by atoms with Gasteiger partial charge in [0.2, 0.25) is 11.8 Å². The Morgan fingerprint density at radius 3 is 2.39 bits per heavy atom. The molecule has 1 amide bonds. The van der Waals surface area contributed by atoms with Crippen molar-refractivity contribution >= 4 is 31.7 Å². The summed E-state index contributed by atoms with van der Waals surface area (Å²) >= 11 is 3.31. The van der Waals surface area contributed by atoms with Crippen LogP contribution in [-0.4, -0.2) is 19.3 Å². The molecule has 6 nitrogen and oxygen atoms in total. The Balaban J connectivity index is 1.66. The third kappa shape index (κ3) is 5.23. The number of hydrogen-bond donors (Lipinski definition) is 1. The molecule has 4 rings (SSSR count). The zero-order valence-corrected chi connectivity index (χ0v) is 20.2. The molecule has 0 saturated heterocycles. The monoisotopic (exact) mass is 524 g/mol. The number of primary amides is 1. The van der Waals surface area contributed by atoms with Crippen molar-refractivity contribution in [3.63, 3.8) is 0 Å². The molecule has 0 bridgehead atoms. The van der Waals surface area contributed by atoms with E-state index in [1.807, 2.05) is 36.4 Å². The number of aryl methyl sites for hydroxylation is 1. The van der Waals surface area contributed by atoms with Gasteiger partial charge in [0, 0.05) is 15.6 Å². The van der Waals surface area contributed by atoms with Crippen LogP contribution in [0.2, 0.25) is 0 Å². The molecule has 0 radical (unpaired) electrons. The van der Waals surface area contributed by atoms with Gasteiger partial charge >= 0.3 is 0 Å². The number of hydrogen-bond acceptors (Lipinski definition) is 5. The lowest BCUT2D eigenvalue weighted by atomic mass is 9.97. The maximum Gasteiger partial charge on any atom is 0.248 e. The molecule has 0 spiro atoms. The summed E-state index contributed by atoms with van der Waals surface area (Å²) in [7, 11) is -3.59. The second kappa shape index (κ2) is 9.33. The number of oxazole rings is 1. The number of sulfone groups is 1. The first-order valence-electron chi connectivity index (χ1n) is 10.1. The third-order valence-electron chi connectivity index (χ3n) is 5.25. The van der Waals surface area contributed by atoms with E-state index in [1.165, 1.54) is 0 Å². The fourth-order valence-corrected chi connectivity index (χ4v) is 5.13. The summed E-state index contributed by atoms with van der Waals surface area (Å²) in [6.45, 7) is 1.69. The lowest BCUT2D eigenvalue weighted by Crippen LogP contribution is -2.14. The zero-order valence-electron chi connectivity index (χ0n) is 17.8. The number of aromatic nitrogens is 1. The van der Waals surface area contributed by atoms with Gasteiger partial charge in [-0.15, -0.1) is 0 Å². The quantitative estimate of drug-likeness (QED) is 0.363. The number of carbonyl (C=O) groups is 1. The van der Waals surface area contributed by atoms with Crippen molar-refractivity contribution in [3.05, 3.63) is 105 Å². The summed E-state index contributed by atoms with van der Waals surface area (Å²) in [4.78, 5) is 16.6. The summed E-state index contributed by atoms with van der Waals surface area (Å²) in [5.74, 6) is -0.0781. The summed E-state index contributed by atoms with van der Waals surface area (Å²) < 4.78 is 32.3. The van der Waals surface area contributed by atoms with E-state index >= 15 is 0 Å². The van der Waals surface area contributed by atoms with Gasteiger partial charge in [0.1, 0.15) is 11.5 Å². The molecule has 0 unspecified atom stereocenters. The van der Waals surface area contributed by atoms with E-state index in [9.17, 15) is 13.2 Å². The van der Waals surface area contributed by atoms with E-state index in [0.29, 0.717) is 34.9 Å². The largest absolute Gasteiger partial charge is 0.441 e. The molecule has 4 aromatic rings. The van der Waals surface area contributed by atoms with Gasteiger partial charge in [-0.3, -0.25) is 4.79 Å². The Hall–Kier alpha value is -3.23. The van der Waals surface area contributed by atoms with E-state index in [0.717, 1.165) is 15.6 Å². The topological polar surface area (TPSA) is 103 Å². The first-order chi connectivity index (χ1) is 15.7. The van der Waals surface area contributed by atoms with Gasteiger partial charge in [-0.05, 0) is 66.9 Å². The SMILES string of the molecule is Cc1oc(-c2ccc(C(N)=O)c(Cc3ccccc3)c2)nc1CS(=O)(=O)c1ccc(Br)cc1. The minimum Gasteiger partial charge on any atom is -0.441 e. The Kier molecular flexibility index (Phi) is 6.49. The zero-order chi connectivity index (χ0) is 23.6. The highest BCUT2D eigenvalue weighted by Crippen LogP contribution is 2.28. The highest BCUT2D eigenvalue weighted by atomic mass is 79.9. The van der Waals surface area contributed by atoms with Crippen LogP contribution in [0.5, 0.6) is 0 Å². The van der Waals surface area contributed by atoms with Crippen molar-refractivity contribution in [1.82, 2.24) is 4.98 Å². The highest BCUT2D eigenvalue weighted by Gasteiger charge is 2.22. The van der Waals surface area contributed by atoms with Gasteiger partial charge < -0.3 is 10.2 Å². The van der Waals surface area contributed by atoms with Gasteiger partial charge in [-0.2, -0.15) is 0 Å². The number of halogens is 1. The number of benzene rings is 3. The second-order valence-electron chi connectivity index (χ2n) is 7.63. The number of nitrogens with zero attached hydrogens (tertiary/aromatic N) is 1. The normalized spacial score (nSPS) is 11.5. The molecule has 1 aromatic heterocycles. The number of nitrogens with two attached hydrogens (primary N) is 1. The summed E-state index contributed by atoms with van der Waals surface area (Å²) in [5.41, 5.74) is 8.75. The van der Waals surface area contributed by atoms with Gasteiger partial charge in [-0.1, -0.05) is 46.3 Å². The molecule has 2 N–H and O–H groups in total. The number of rotatable bonds is 7. The van der Waals surface area contributed by atoms with E-state index in [1.54, 1.807) is 43.3 Å². The standard InChI is InChI=1S/C25H21BrN2O4S/c1-16-23(15-33(30,31)21-10-8-20(26)9-11-21)28-25(32-16)18-7-12-22(24(27)29)19(14-18)13-17-5-3-2-4-6-17/h2-12,14H,13,15H2,1H3,(H2,27,29). The number of carbonyl (C=O) groups excluding carboxylic acids is 1. The molecule has 1 heterocycles. The molecule has 33 heavy (non-hydrogen) atoms. The third-order valence-corrected chi connectivity index (χ3v) is 7.42. The van der Waals surface area contributed by atoms with Crippen molar-refractivity contribution in [2.45, 2.75) is 24.0 Å². The fourth-order valence-electron chi connectivity index (χ4n) is 3.52. The molecule has 3 aromatic carbocycles. The molecular weight excluding hydrogens is 504 g/mol. The number of amides is 1. The van der Waals surface area contributed by atoms with Crippen LogP contribution in [-0.2, 0) is 22.0 Å². The lowest BCUT2D eigenvalue weighted by Gasteiger charge is -2.09. The first-order valence-corrected chi connectivity index (χ1v) is 12.6. The predicted octanol–water partition coefficient (Wildman–Crippen LogP) is 5.08. The average molecular weight is 525 g/mol. The van der Waals surface area contributed by atoms with Crippen molar-refractivity contribution < 1.29 is 17.6 Å². The first kappa shape index (κ1) is 22.9. The van der Waals surface area contributed by atoms with Crippen molar-refractivity contribution in [3.8, 4) is 11.5 Å². The predicted molar refractivity (Wildman–Crippen MR) is 129 cm³/mol. The highest BCUT2D eigenvalue weighted by molar-refractivity contribution is 9.10. The molecule has 0 aliphatic carbocycles. The molecule has 168 valence electrons. The lowest BCUT2D eigenvalue weighted by molar-refractivity contribution is 0.0999. The molecule has 8 heteroatoms. The summed E-state index contributed by atoms with van der Waals surface area (Å²) in [5, 5.41) is 0. The van der Waals surface area contributed by atoms with Crippen LogP contribution < -0.4 is 5.73 Å². The van der Waals surface area contributed by atoms with Crippen molar-refractivity contribution in [2.24, 2.45) is 5.73 Å². The maximum absolute atomic E-state index is 12.8. The summed E-state index contributed by atoms with van der Waals surface area (Å²) in [6.07, 6.45) is 0.511. The molecule has 0 saturated carbocycles. The van der Waals surface area contributed by atoms with E-state index in [4.69, 9.17) is 10.2 Å². The van der Waals surface area contributed by atoms with Crippen LogP contribution in [0.1, 0.15) is 32.9 Å². The van der Waals surface area contributed by atoms with Gasteiger partial charge in [0.15, 0.2) is 9.84 Å². The molecule has 0 aliphatic heterocycles. The van der Waals surface area contributed by atoms with Crippen LogP contribution in [0.15, 0.2) is 86.6 Å². The van der Waals surface area contributed by atoms with Crippen LogP contribution in [0.4, 0.5) is 0 Å². The van der Waals surface area contributed by atoms with E-state index < -0.39 is 15.7 Å². The molecular formula is C25H21BrN2O4S. The maximum atomic E-state index is 12.8. The average Bonchev–Trinajstić information content (AvgIpc) is 3.14. The molecule has 0 fully saturated rings. The van der Waals surface area contributed by atoms with Crippen molar-refractivity contribution in [1.29, 1.82) is 0 Å².